The van der Waals surface area contributed by atoms with E-state index in [0.717, 1.165) is 56.1 Å². The molecule has 148 valence electrons. The number of carbonyl (C=O) groups is 1. The first-order valence-electron chi connectivity index (χ1n) is 9.51. The summed E-state index contributed by atoms with van der Waals surface area (Å²) in [7, 11) is 0. The molecule has 0 unspecified atom stereocenters. The number of rotatable bonds is 3. The summed E-state index contributed by atoms with van der Waals surface area (Å²) in [6.45, 7) is 6.01. The van der Waals surface area contributed by atoms with Crippen LogP contribution in [-0.4, -0.2) is 19.6 Å². The van der Waals surface area contributed by atoms with Crippen LogP contribution < -0.4 is 5.32 Å². The molecule has 2 aromatic heterocycles. The Morgan fingerprint density at radius 3 is 2.67 bits per heavy atom. The van der Waals surface area contributed by atoms with Gasteiger partial charge in [0.05, 0.1) is 11.7 Å². The number of nitrogens with one attached hydrogen (secondary N) is 1. The first-order chi connectivity index (χ1) is 14.5. The van der Waals surface area contributed by atoms with Crippen LogP contribution in [0.2, 0.25) is 0 Å². The Morgan fingerprint density at radius 2 is 1.80 bits per heavy atom. The van der Waals surface area contributed by atoms with Crippen LogP contribution in [0, 0.1) is 20.8 Å². The SMILES string of the molecule is Cc1cc(C)c2oc(-c3cccc(NC(=O)c4ccc5nsnc5c4)c3C)nc2c1. The molecule has 7 heteroatoms. The average molecular weight is 414 g/mol. The molecule has 0 atom stereocenters. The van der Waals surface area contributed by atoms with Gasteiger partial charge in [-0.15, -0.1) is 0 Å². The van der Waals surface area contributed by atoms with Crippen LogP contribution in [-0.2, 0) is 0 Å². The van der Waals surface area contributed by atoms with E-state index in [9.17, 15) is 4.79 Å². The van der Waals surface area contributed by atoms with Gasteiger partial charge in [0.1, 0.15) is 16.6 Å². The Labute approximate surface area is 176 Å². The van der Waals surface area contributed by atoms with Crippen molar-refractivity contribution in [3.8, 4) is 11.5 Å². The summed E-state index contributed by atoms with van der Waals surface area (Å²) in [5, 5.41) is 2.99. The molecular formula is C23H18N4O2S. The molecule has 0 aliphatic carbocycles. The second-order valence-electron chi connectivity index (χ2n) is 7.35. The van der Waals surface area contributed by atoms with Crippen molar-refractivity contribution in [3.05, 3.63) is 70.8 Å². The maximum atomic E-state index is 12.8. The van der Waals surface area contributed by atoms with E-state index in [4.69, 9.17) is 4.42 Å². The summed E-state index contributed by atoms with van der Waals surface area (Å²) >= 11 is 1.13. The van der Waals surface area contributed by atoms with E-state index < -0.39 is 0 Å². The number of benzene rings is 3. The molecule has 0 bridgehead atoms. The minimum Gasteiger partial charge on any atom is -0.436 e. The number of hydrogen-bond acceptors (Lipinski definition) is 6. The highest BCUT2D eigenvalue weighted by atomic mass is 32.1. The molecule has 1 amide bonds. The average Bonchev–Trinajstić information content (AvgIpc) is 3.35. The number of aryl methyl sites for hydroxylation is 2. The van der Waals surface area contributed by atoms with Gasteiger partial charge in [-0.05, 0) is 73.9 Å². The van der Waals surface area contributed by atoms with Gasteiger partial charge in [-0.25, -0.2) is 4.98 Å². The lowest BCUT2D eigenvalue weighted by Gasteiger charge is -2.11. The highest BCUT2D eigenvalue weighted by Crippen LogP contribution is 2.32. The van der Waals surface area contributed by atoms with Crippen LogP contribution in [0.3, 0.4) is 0 Å². The standard InChI is InChI=1S/C23H18N4O2S/c1-12-9-13(2)21-20(10-12)25-23(29-21)16-5-4-6-17(14(16)3)24-22(28)15-7-8-18-19(11-15)27-30-26-18/h4-11H,1-3H3,(H,24,28). The summed E-state index contributed by atoms with van der Waals surface area (Å²) in [6.07, 6.45) is 0. The zero-order chi connectivity index (χ0) is 20.8. The van der Waals surface area contributed by atoms with E-state index in [0.29, 0.717) is 17.1 Å². The zero-order valence-electron chi connectivity index (χ0n) is 16.7. The third kappa shape index (κ3) is 3.13. The largest absolute Gasteiger partial charge is 0.436 e. The van der Waals surface area contributed by atoms with Crippen molar-refractivity contribution in [2.45, 2.75) is 20.8 Å². The minimum absolute atomic E-state index is 0.200. The fourth-order valence-electron chi connectivity index (χ4n) is 3.61. The van der Waals surface area contributed by atoms with Gasteiger partial charge in [-0.3, -0.25) is 4.79 Å². The van der Waals surface area contributed by atoms with E-state index in [2.05, 4.69) is 25.1 Å². The zero-order valence-corrected chi connectivity index (χ0v) is 17.5. The fourth-order valence-corrected chi connectivity index (χ4v) is 4.13. The molecule has 0 radical (unpaired) electrons. The molecule has 5 rings (SSSR count). The molecule has 30 heavy (non-hydrogen) atoms. The van der Waals surface area contributed by atoms with Crippen LogP contribution in [0.5, 0.6) is 0 Å². The van der Waals surface area contributed by atoms with Gasteiger partial charge in [-0.1, -0.05) is 12.1 Å². The second-order valence-corrected chi connectivity index (χ2v) is 7.88. The van der Waals surface area contributed by atoms with Gasteiger partial charge >= 0.3 is 0 Å². The van der Waals surface area contributed by atoms with Crippen LogP contribution in [0.1, 0.15) is 27.0 Å². The molecule has 0 aliphatic rings. The predicted molar refractivity (Wildman–Crippen MR) is 119 cm³/mol. The molecule has 0 fully saturated rings. The molecular weight excluding hydrogens is 396 g/mol. The van der Waals surface area contributed by atoms with Gasteiger partial charge in [0.25, 0.3) is 5.91 Å². The lowest BCUT2D eigenvalue weighted by Crippen LogP contribution is -2.13. The molecule has 1 N–H and O–H groups in total. The molecule has 5 aromatic rings. The molecule has 0 spiro atoms. The van der Waals surface area contributed by atoms with E-state index in [-0.39, 0.29) is 5.91 Å². The van der Waals surface area contributed by atoms with Crippen molar-refractivity contribution in [2.75, 3.05) is 5.32 Å². The topological polar surface area (TPSA) is 80.9 Å². The predicted octanol–water partition coefficient (Wildman–Crippen LogP) is 5.68. The number of anilines is 1. The van der Waals surface area contributed by atoms with Crippen molar-refractivity contribution in [2.24, 2.45) is 0 Å². The van der Waals surface area contributed by atoms with Gasteiger partial charge in [-0.2, -0.15) is 8.75 Å². The Morgan fingerprint density at radius 1 is 0.967 bits per heavy atom. The number of amides is 1. The van der Waals surface area contributed by atoms with Crippen molar-refractivity contribution >= 4 is 45.5 Å². The van der Waals surface area contributed by atoms with Crippen LogP contribution in [0.4, 0.5) is 5.69 Å². The quantitative estimate of drug-likeness (QED) is 0.411. The molecule has 2 heterocycles. The summed E-state index contributed by atoms with van der Waals surface area (Å²) in [5.74, 6) is 0.344. The highest BCUT2D eigenvalue weighted by molar-refractivity contribution is 7.00. The minimum atomic E-state index is -0.200. The molecule has 6 nitrogen and oxygen atoms in total. The number of aromatic nitrogens is 3. The lowest BCUT2D eigenvalue weighted by molar-refractivity contribution is 0.102. The smallest absolute Gasteiger partial charge is 0.255 e. The summed E-state index contributed by atoms with van der Waals surface area (Å²) < 4.78 is 14.4. The maximum Gasteiger partial charge on any atom is 0.255 e. The summed E-state index contributed by atoms with van der Waals surface area (Å²) in [6, 6.07) is 15.1. The first-order valence-corrected chi connectivity index (χ1v) is 10.2. The third-order valence-corrected chi connectivity index (χ3v) is 5.71. The lowest BCUT2D eigenvalue weighted by atomic mass is 10.1. The molecule has 0 saturated heterocycles. The molecule has 3 aromatic carbocycles. The van der Waals surface area contributed by atoms with Crippen molar-refractivity contribution in [3.63, 3.8) is 0 Å². The maximum absolute atomic E-state index is 12.8. The summed E-state index contributed by atoms with van der Waals surface area (Å²) in [4.78, 5) is 17.5. The molecule has 0 aliphatic heterocycles. The second kappa shape index (κ2) is 7.03. The first kappa shape index (κ1) is 18.4. The number of hydrogen-bond donors (Lipinski definition) is 1. The Bertz CT molecular complexity index is 1430. The van der Waals surface area contributed by atoms with Crippen LogP contribution >= 0.6 is 11.7 Å². The summed E-state index contributed by atoms with van der Waals surface area (Å²) in [5.41, 5.74) is 8.31. The number of fused-ring (bicyclic) bond motifs is 2. The highest BCUT2D eigenvalue weighted by Gasteiger charge is 2.16. The normalized spacial score (nSPS) is 11.3. The van der Waals surface area contributed by atoms with Gasteiger partial charge < -0.3 is 9.73 Å². The third-order valence-electron chi connectivity index (χ3n) is 5.15. The van der Waals surface area contributed by atoms with E-state index in [1.165, 1.54) is 0 Å². The Hall–Kier alpha value is -3.58. The number of carbonyl (C=O) groups excluding carboxylic acids is 1. The van der Waals surface area contributed by atoms with Crippen molar-refractivity contribution in [1.82, 2.24) is 13.7 Å². The van der Waals surface area contributed by atoms with E-state index in [1.54, 1.807) is 18.2 Å². The van der Waals surface area contributed by atoms with Crippen molar-refractivity contribution < 1.29 is 9.21 Å². The number of nitrogens with zero attached hydrogens (tertiary/aromatic N) is 3. The van der Waals surface area contributed by atoms with Crippen LogP contribution in [0.15, 0.2) is 52.9 Å². The van der Waals surface area contributed by atoms with Crippen LogP contribution in [0.25, 0.3) is 33.6 Å². The molecule has 0 saturated carbocycles. The van der Waals surface area contributed by atoms with Gasteiger partial charge in [0, 0.05) is 16.8 Å². The van der Waals surface area contributed by atoms with Gasteiger partial charge in [0.2, 0.25) is 5.89 Å². The van der Waals surface area contributed by atoms with E-state index in [1.807, 2.05) is 45.0 Å². The monoisotopic (exact) mass is 414 g/mol. The van der Waals surface area contributed by atoms with E-state index >= 15 is 0 Å². The Kier molecular flexibility index (Phi) is 4.33. The van der Waals surface area contributed by atoms with Gasteiger partial charge in [0.15, 0.2) is 5.58 Å². The fraction of sp³-hybridized carbons (Fsp3) is 0.130. The van der Waals surface area contributed by atoms with Crippen molar-refractivity contribution in [1.29, 1.82) is 0 Å². The Balaban J connectivity index is 1.50. The number of oxazole rings is 1.